The number of thioether (sulfide) groups is 1. The van der Waals surface area contributed by atoms with Crippen LogP contribution in [0.4, 0.5) is 13.2 Å². The number of aromatic amines is 1. The quantitative estimate of drug-likeness (QED) is 0.789. The standard InChI is InChI=1S/C16H15F3N2O3S/c1-9(10-4-3-5-11(6-10)25-16(17,18)19)21-15(23)12-7-13(22)14(24-2)8-20-12/h3-9H,1-2H3,(H,20,22)(H,21,23). The molecule has 0 aliphatic carbocycles. The average Bonchev–Trinajstić information content (AvgIpc) is 2.53. The Hall–Kier alpha value is -2.42. The minimum atomic E-state index is -4.38. The second-order valence-electron chi connectivity index (χ2n) is 5.09. The molecule has 9 heteroatoms. The Kier molecular flexibility index (Phi) is 5.78. The van der Waals surface area contributed by atoms with Crippen molar-refractivity contribution < 1.29 is 22.7 Å². The molecule has 1 unspecified atom stereocenters. The van der Waals surface area contributed by atoms with E-state index in [2.05, 4.69) is 10.3 Å². The Labute approximate surface area is 145 Å². The molecule has 0 saturated heterocycles. The SMILES string of the molecule is COc1c[nH]c(C(=O)NC(C)c2cccc(SC(F)(F)F)c2)cc1=O. The highest BCUT2D eigenvalue weighted by atomic mass is 32.2. The first-order valence-corrected chi connectivity index (χ1v) is 7.94. The number of aromatic nitrogens is 1. The zero-order valence-corrected chi connectivity index (χ0v) is 14.1. The van der Waals surface area contributed by atoms with Crippen molar-refractivity contribution in [1.82, 2.24) is 10.3 Å². The minimum absolute atomic E-state index is 0.0264. The van der Waals surface area contributed by atoms with Crippen molar-refractivity contribution >= 4 is 17.7 Å². The fourth-order valence-corrected chi connectivity index (χ4v) is 2.70. The van der Waals surface area contributed by atoms with E-state index >= 15 is 0 Å². The number of H-pyrrole nitrogens is 1. The van der Waals surface area contributed by atoms with Crippen LogP contribution >= 0.6 is 11.8 Å². The van der Waals surface area contributed by atoms with E-state index in [-0.39, 0.29) is 28.1 Å². The molecule has 1 atom stereocenters. The number of amides is 1. The molecule has 0 aliphatic heterocycles. The Morgan fingerprint density at radius 3 is 2.64 bits per heavy atom. The maximum atomic E-state index is 12.5. The summed E-state index contributed by atoms with van der Waals surface area (Å²) in [5.74, 6) is -0.484. The van der Waals surface area contributed by atoms with Crippen LogP contribution in [0.15, 0.2) is 46.2 Å². The van der Waals surface area contributed by atoms with Crippen molar-refractivity contribution in [3.05, 3.63) is 58.0 Å². The van der Waals surface area contributed by atoms with Gasteiger partial charge in [-0.05, 0) is 36.4 Å². The van der Waals surface area contributed by atoms with Crippen molar-refractivity contribution in [2.75, 3.05) is 7.11 Å². The predicted molar refractivity (Wildman–Crippen MR) is 87.8 cm³/mol. The number of carbonyl (C=O) groups excluding carboxylic acids is 1. The highest BCUT2D eigenvalue weighted by Gasteiger charge is 2.29. The van der Waals surface area contributed by atoms with Gasteiger partial charge in [0, 0.05) is 17.2 Å². The Morgan fingerprint density at radius 2 is 2.04 bits per heavy atom. The third-order valence-electron chi connectivity index (χ3n) is 3.28. The molecule has 25 heavy (non-hydrogen) atoms. The summed E-state index contributed by atoms with van der Waals surface area (Å²) in [6, 6.07) is 6.35. The van der Waals surface area contributed by atoms with E-state index in [4.69, 9.17) is 4.74 Å². The lowest BCUT2D eigenvalue weighted by Crippen LogP contribution is -2.28. The zero-order valence-electron chi connectivity index (χ0n) is 13.3. The van der Waals surface area contributed by atoms with E-state index in [0.717, 1.165) is 6.07 Å². The van der Waals surface area contributed by atoms with Crippen LogP contribution in [-0.2, 0) is 0 Å². The smallest absolute Gasteiger partial charge is 0.446 e. The van der Waals surface area contributed by atoms with Gasteiger partial charge in [0.1, 0.15) is 5.69 Å². The van der Waals surface area contributed by atoms with Gasteiger partial charge in [0.2, 0.25) is 5.43 Å². The maximum absolute atomic E-state index is 12.5. The minimum Gasteiger partial charge on any atom is -0.491 e. The number of pyridine rings is 1. The van der Waals surface area contributed by atoms with Gasteiger partial charge in [-0.2, -0.15) is 13.2 Å². The second-order valence-corrected chi connectivity index (χ2v) is 6.23. The van der Waals surface area contributed by atoms with Crippen LogP contribution in [0.3, 0.4) is 0 Å². The number of carbonyl (C=O) groups is 1. The molecule has 1 aromatic heterocycles. The van der Waals surface area contributed by atoms with Crippen molar-refractivity contribution in [3.8, 4) is 5.75 Å². The molecule has 2 rings (SSSR count). The number of benzene rings is 1. The van der Waals surface area contributed by atoms with Gasteiger partial charge in [0.05, 0.1) is 13.2 Å². The lowest BCUT2D eigenvalue weighted by molar-refractivity contribution is -0.0328. The number of ether oxygens (including phenoxy) is 1. The number of hydrogen-bond acceptors (Lipinski definition) is 4. The van der Waals surface area contributed by atoms with Crippen molar-refractivity contribution in [2.24, 2.45) is 0 Å². The Balaban J connectivity index is 2.12. The number of rotatable bonds is 5. The summed E-state index contributed by atoms with van der Waals surface area (Å²) in [6.45, 7) is 1.64. The molecular weight excluding hydrogens is 357 g/mol. The zero-order chi connectivity index (χ0) is 18.6. The van der Waals surface area contributed by atoms with E-state index < -0.39 is 22.9 Å². The van der Waals surface area contributed by atoms with Crippen LogP contribution in [0.1, 0.15) is 29.0 Å². The highest BCUT2D eigenvalue weighted by molar-refractivity contribution is 8.00. The molecular formula is C16H15F3N2O3S. The summed E-state index contributed by atoms with van der Waals surface area (Å²) in [5, 5.41) is 2.63. The van der Waals surface area contributed by atoms with Gasteiger partial charge in [-0.25, -0.2) is 0 Å². The van der Waals surface area contributed by atoms with Gasteiger partial charge in [-0.15, -0.1) is 0 Å². The van der Waals surface area contributed by atoms with Crippen LogP contribution in [0.5, 0.6) is 5.75 Å². The van der Waals surface area contributed by atoms with Crippen LogP contribution in [0, 0.1) is 0 Å². The molecule has 0 aliphatic rings. The summed E-state index contributed by atoms with van der Waals surface area (Å²) in [6.07, 6.45) is 1.27. The molecule has 5 nitrogen and oxygen atoms in total. The van der Waals surface area contributed by atoms with Crippen LogP contribution in [0.2, 0.25) is 0 Å². The predicted octanol–water partition coefficient (Wildman–Crippen LogP) is 3.49. The molecule has 2 N–H and O–H groups in total. The summed E-state index contributed by atoms with van der Waals surface area (Å²) >= 11 is -0.220. The first-order chi connectivity index (χ1) is 11.7. The Bertz CT molecular complexity index is 821. The molecule has 0 fully saturated rings. The first kappa shape index (κ1) is 18.9. The molecule has 0 bridgehead atoms. The number of nitrogens with one attached hydrogen (secondary N) is 2. The maximum Gasteiger partial charge on any atom is 0.446 e. The summed E-state index contributed by atoms with van der Waals surface area (Å²) in [5.41, 5.74) is -4.30. The molecule has 1 amide bonds. The second kappa shape index (κ2) is 7.64. The highest BCUT2D eigenvalue weighted by Crippen LogP contribution is 2.37. The first-order valence-electron chi connectivity index (χ1n) is 7.13. The third kappa shape index (κ3) is 5.28. The van der Waals surface area contributed by atoms with Crippen molar-refractivity contribution in [3.63, 3.8) is 0 Å². The monoisotopic (exact) mass is 372 g/mol. The van der Waals surface area contributed by atoms with E-state index in [9.17, 15) is 22.8 Å². The van der Waals surface area contributed by atoms with Crippen LogP contribution < -0.4 is 15.5 Å². The summed E-state index contributed by atoms with van der Waals surface area (Å²) < 4.78 is 42.2. The molecule has 0 saturated carbocycles. The number of alkyl halides is 3. The molecule has 0 radical (unpaired) electrons. The normalized spacial score (nSPS) is 12.5. The molecule has 2 aromatic rings. The fraction of sp³-hybridized carbons (Fsp3) is 0.250. The lowest BCUT2D eigenvalue weighted by atomic mass is 10.1. The van der Waals surface area contributed by atoms with Gasteiger partial charge in [-0.1, -0.05) is 12.1 Å². The van der Waals surface area contributed by atoms with Gasteiger partial charge in [0.15, 0.2) is 5.75 Å². The summed E-state index contributed by atoms with van der Waals surface area (Å²) in [4.78, 5) is 26.5. The summed E-state index contributed by atoms with van der Waals surface area (Å²) in [7, 11) is 1.33. The fourth-order valence-electron chi connectivity index (χ4n) is 2.09. The number of methoxy groups -OCH3 is 1. The largest absolute Gasteiger partial charge is 0.491 e. The molecule has 1 aromatic carbocycles. The molecule has 134 valence electrons. The van der Waals surface area contributed by atoms with Gasteiger partial charge in [-0.3, -0.25) is 9.59 Å². The molecule has 1 heterocycles. The van der Waals surface area contributed by atoms with E-state index in [1.165, 1.54) is 31.5 Å². The number of halogens is 3. The van der Waals surface area contributed by atoms with Gasteiger partial charge >= 0.3 is 5.51 Å². The Morgan fingerprint density at radius 1 is 1.32 bits per heavy atom. The van der Waals surface area contributed by atoms with E-state index in [0.29, 0.717) is 5.56 Å². The van der Waals surface area contributed by atoms with Gasteiger partial charge < -0.3 is 15.0 Å². The topological polar surface area (TPSA) is 71.2 Å². The number of hydrogen-bond donors (Lipinski definition) is 2. The third-order valence-corrected chi connectivity index (χ3v) is 4.00. The lowest BCUT2D eigenvalue weighted by Gasteiger charge is -2.15. The van der Waals surface area contributed by atoms with Gasteiger partial charge in [0.25, 0.3) is 5.91 Å². The van der Waals surface area contributed by atoms with E-state index in [1.54, 1.807) is 13.0 Å². The molecule has 0 spiro atoms. The van der Waals surface area contributed by atoms with Crippen molar-refractivity contribution in [2.45, 2.75) is 23.4 Å². The van der Waals surface area contributed by atoms with E-state index in [1.807, 2.05) is 0 Å². The van der Waals surface area contributed by atoms with Crippen molar-refractivity contribution in [1.29, 1.82) is 0 Å². The average molecular weight is 372 g/mol. The van der Waals surface area contributed by atoms with Crippen LogP contribution in [0.25, 0.3) is 0 Å². The van der Waals surface area contributed by atoms with Crippen LogP contribution in [-0.4, -0.2) is 23.5 Å².